The normalized spacial score (nSPS) is 10.3. The molecule has 0 unspecified atom stereocenters. The monoisotopic (exact) mass is 191 g/mol. The molecule has 3 nitrogen and oxygen atoms in total. The maximum absolute atomic E-state index is 4.32. The summed E-state index contributed by atoms with van der Waals surface area (Å²) in [5.41, 5.74) is 1.87. The highest BCUT2D eigenvalue weighted by Crippen LogP contribution is 2.22. The maximum Gasteiger partial charge on any atom is 0.0866 e. The molecule has 0 amide bonds. The van der Waals surface area contributed by atoms with Gasteiger partial charge in [-0.3, -0.25) is 9.67 Å². The molecule has 0 N–H and O–H groups in total. The molecule has 2 heterocycles. The van der Waals surface area contributed by atoms with Crippen molar-refractivity contribution in [3.8, 4) is 11.3 Å². The summed E-state index contributed by atoms with van der Waals surface area (Å²) in [4.78, 5) is 5.10. The lowest BCUT2D eigenvalue weighted by molar-refractivity contribution is 0.768. The molecule has 2 rings (SSSR count). The number of aryl methyl sites for hydroxylation is 1. The van der Waals surface area contributed by atoms with Crippen LogP contribution in [0.25, 0.3) is 11.3 Å². The van der Waals surface area contributed by atoms with Gasteiger partial charge in [0.1, 0.15) is 0 Å². The van der Waals surface area contributed by atoms with Crippen molar-refractivity contribution >= 4 is 12.6 Å². The predicted octanol–water partition coefficient (Wildman–Crippen LogP) is 1.77. The third-order valence-corrected chi connectivity index (χ3v) is 2.13. The van der Waals surface area contributed by atoms with Gasteiger partial charge >= 0.3 is 0 Å². The van der Waals surface area contributed by atoms with Crippen LogP contribution in [-0.2, 0) is 7.05 Å². The Kier molecular flexibility index (Phi) is 2.06. The summed E-state index contributed by atoms with van der Waals surface area (Å²) >= 11 is 4.32. The molecule has 0 aliphatic rings. The molecule has 13 heavy (non-hydrogen) atoms. The number of aromatic nitrogens is 3. The summed E-state index contributed by atoms with van der Waals surface area (Å²) in [7, 11) is 1.88. The van der Waals surface area contributed by atoms with E-state index in [1.807, 2.05) is 25.4 Å². The zero-order chi connectivity index (χ0) is 9.26. The number of thiol groups is 1. The van der Waals surface area contributed by atoms with Crippen LogP contribution in [-0.4, -0.2) is 14.8 Å². The molecule has 0 fully saturated rings. The Bertz CT molecular complexity index is 422. The first-order valence-corrected chi connectivity index (χ1v) is 4.35. The first kappa shape index (κ1) is 8.31. The molecule has 0 atom stereocenters. The molecule has 0 aliphatic heterocycles. The average molecular weight is 191 g/mol. The Hall–Kier alpha value is -1.29. The molecule has 0 saturated carbocycles. The molecule has 0 bridgehead atoms. The fourth-order valence-corrected chi connectivity index (χ4v) is 1.44. The molecule has 0 aromatic carbocycles. The van der Waals surface area contributed by atoms with Crippen molar-refractivity contribution in [2.75, 3.05) is 0 Å². The van der Waals surface area contributed by atoms with Gasteiger partial charge in [0.2, 0.25) is 0 Å². The Morgan fingerprint density at radius 1 is 1.46 bits per heavy atom. The minimum absolute atomic E-state index is 0.871. The first-order chi connectivity index (χ1) is 6.27. The van der Waals surface area contributed by atoms with Gasteiger partial charge in [-0.15, -0.1) is 12.6 Å². The van der Waals surface area contributed by atoms with Crippen LogP contribution in [0.2, 0.25) is 0 Å². The standard InChI is InChI=1S/C9H9N3S/c1-12-6-7(5-11-12)9-8(13)3-2-4-10-9/h2-6,13H,1H3. The highest BCUT2D eigenvalue weighted by molar-refractivity contribution is 7.80. The van der Waals surface area contributed by atoms with Gasteiger partial charge in [-0.05, 0) is 12.1 Å². The number of rotatable bonds is 1. The lowest BCUT2D eigenvalue weighted by Gasteiger charge is -1.98. The van der Waals surface area contributed by atoms with E-state index >= 15 is 0 Å². The summed E-state index contributed by atoms with van der Waals surface area (Å²) in [6.45, 7) is 0. The molecule has 4 heteroatoms. The zero-order valence-electron chi connectivity index (χ0n) is 7.18. The van der Waals surface area contributed by atoms with Gasteiger partial charge in [0.15, 0.2) is 0 Å². The highest BCUT2D eigenvalue weighted by atomic mass is 32.1. The van der Waals surface area contributed by atoms with Crippen molar-refractivity contribution in [3.63, 3.8) is 0 Å². The van der Waals surface area contributed by atoms with E-state index in [0.29, 0.717) is 0 Å². The van der Waals surface area contributed by atoms with Crippen LogP contribution in [0, 0.1) is 0 Å². The quantitative estimate of drug-likeness (QED) is 0.696. The topological polar surface area (TPSA) is 30.7 Å². The van der Waals surface area contributed by atoms with Crippen LogP contribution in [0.3, 0.4) is 0 Å². The third-order valence-electron chi connectivity index (χ3n) is 1.76. The van der Waals surface area contributed by atoms with Crippen molar-refractivity contribution in [1.29, 1.82) is 0 Å². The molecule has 0 radical (unpaired) electrons. The summed E-state index contributed by atoms with van der Waals surface area (Å²) < 4.78 is 1.75. The lowest BCUT2D eigenvalue weighted by atomic mass is 10.2. The Morgan fingerprint density at radius 3 is 2.92 bits per heavy atom. The summed E-state index contributed by atoms with van der Waals surface area (Å²) in [6, 6.07) is 3.78. The molecule has 0 aliphatic carbocycles. The summed E-state index contributed by atoms with van der Waals surface area (Å²) in [6.07, 6.45) is 5.45. The molecule has 66 valence electrons. The second-order valence-corrected chi connectivity index (χ2v) is 3.26. The Balaban J connectivity index is 2.52. The number of hydrogen-bond donors (Lipinski definition) is 1. The van der Waals surface area contributed by atoms with Crippen LogP contribution < -0.4 is 0 Å². The number of nitrogens with zero attached hydrogens (tertiary/aromatic N) is 3. The molecule has 2 aromatic heterocycles. The van der Waals surface area contributed by atoms with Gasteiger partial charge in [-0.25, -0.2) is 0 Å². The van der Waals surface area contributed by atoms with Crippen molar-refractivity contribution in [2.24, 2.45) is 7.05 Å². The highest BCUT2D eigenvalue weighted by Gasteiger charge is 2.04. The molecule has 0 spiro atoms. The van der Waals surface area contributed by atoms with E-state index < -0.39 is 0 Å². The Labute approximate surface area is 81.8 Å². The minimum atomic E-state index is 0.871. The average Bonchev–Trinajstić information content (AvgIpc) is 2.53. The van der Waals surface area contributed by atoms with Gasteiger partial charge in [-0.2, -0.15) is 5.10 Å². The molecule has 2 aromatic rings. The Morgan fingerprint density at radius 2 is 2.31 bits per heavy atom. The maximum atomic E-state index is 4.32. The first-order valence-electron chi connectivity index (χ1n) is 3.90. The second kappa shape index (κ2) is 3.22. The van der Waals surface area contributed by atoms with Crippen LogP contribution >= 0.6 is 12.6 Å². The second-order valence-electron chi connectivity index (χ2n) is 2.77. The van der Waals surface area contributed by atoms with Crippen LogP contribution in [0.15, 0.2) is 35.6 Å². The van der Waals surface area contributed by atoms with E-state index in [4.69, 9.17) is 0 Å². The molecular formula is C9H9N3S. The summed E-state index contributed by atoms with van der Waals surface area (Å²) in [5, 5.41) is 4.08. The lowest BCUT2D eigenvalue weighted by Crippen LogP contribution is -1.85. The van der Waals surface area contributed by atoms with E-state index in [2.05, 4.69) is 22.7 Å². The van der Waals surface area contributed by atoms with Crippen LogP contribution in [0.4, 0.5) is 0 Å². The van der Waals surface area contributed by atoms with E-state index in [1.165, 1.54) is 0 Å². The van der Waals surface area contributed by atoms with E-state index in [0.717, 1.165) is 16.2 Å². The molecule has 0 saturated heterocycles. The minimum Gasteiger partial charge on any atom is -0.275 e. The van der Waals surface area contributed by atoms with E-state index in [9.17, 15) is 0 Å². The van der Waals surface area contributed by atoms with Gasteiger partial charge in [0, 0.05) is 29.9 Å². The van der Waals surface area contributed by atoms with Gasteiger partial charge < -0.3 is 0 Å². The van der Waals surface area contributed by atoms with Gasteiger partial charge in [0.05, 0.1) is 11.9 Å². The SMILES string of the molecule is Cn1cc(-c2ncccc2S)cn1. The van der Waals surface area contributed by atoms with E-state index in [1.54, 1.807) is 17.1 Å². The van der Waals surface area contributed by atoms with Crippen LogP contribution in [0.5, 0.6) is 0 Å². The number of pyridine rings is 1. The predicted molar refractivity (Wildman–Crippen MR) is 53.7 cm³/mol. The van der Waals surface area contributed by atoms with Crippen LogP contribution in [0.1, 0.15) is 0 Å². The van der Waals surface area contributed by atoms with Crippen molar-refractivity contribution in [3.05, 3.63) is 30.7 Å². The fourth-order valence-electron chi connectivity index (χ4n) is 1.16. The smallest absolute Gasteiger partial charge is 0.0866 e. The van der Waals surface area contributed by atoms with Gasteiger partial charge in [0.25, 0.3) is 0 Å². The van der Waals surface area contributed by atoms with Gasteiger partial charge in [-0.1, -0.05) is 0 Å². The van der Waals surface area contributed by atoms with Crippen molar-refractivity contribution < 1.29 is 0 Å². The number of hydrogen-bond acceptors (Lipinski definition) is 3. The summed E-state index contributed by atoms with van der Waals surface area (Å²) in [5.74, 6) is 0. The molecular weight excluding hydrogens is 182 g/mol. The van der Waals surface area contributed by atoms with E-state index in [-0.39, 0.29) is 0 Å². The largest absolute Gasteiger partial charge is 0.275 e. The fraction of sp³-hybridized carbons (Fsp3) is 0.111. The van der Waals surface area contributed by atoms with Crippen molar-refractivity contribution in [1.82, 2.24) is 14.8 Å². The third kappa shape index (κ3) is 1.58. The van der Waals surface area contributed by atoms with Crippen molar-refractivity contribution in [2.45, 2.75) is 4.90 Å². The zero-order valence-corrected chi connectivity index (χ0v) is 8.07.